The van der Waals surface area contributed by atoms with Crippen LogP contribution in [0.4, 0.5) is 5.69 Å². The summed E-state index contributed by atoms with van der Waals surface area (Å²) in [6.45, 7) is 5.92. The summed E-state index contributed by atoms with van der Waals surface area (Å²) in [5, 5.41) is 28.2. The molecule has 0 N–H and O–H groups in total. The second-order valence-corrected chi connectivity index (χ2v) is 5.09. The third-order valence-electron chi connectivity index (χ3n) is 3.81. The lowest BCUT2D eigenvalue weighted by molar-refractivity contribution is -0.384. The van der Waals surface area contributed by atoms with E-state index in [1.807, 2.05) is 20.8 Å². The number of rotatable bonds is 5. The van der Waals surface area contributed by atoms with E-state index in [1.165, 1.54) is 12.1 Å². The van der Waals surface area contributed by atoms with Gasteiger partial charge >= 0.3 is 0 Å². The van der Waals surface area contributed by atoms with Crippen LogP contribution >= 0.6 is 0 Å². The molecule has 1 aromatic carbocycles. The van der Waals surface area contributed by atoms with Crippen LogP contribution in [0.2, 0.25) is 0 Å². The summed E-state index contributed by atoms with van der Waals surface area (Å²) >= 11 is 0. The zero-order chi connectivity index (χ0) is 16.3. The lowest BCUT2D eigenvalue weighted by Gasteiger charge is -2.15. The lowest BCUT2D eigenvalue weighted by atomic mass is 9.97. The van der Waals surface area contributed by atoms with Gasteiger partial charge in [0.05, 0.1) is 16.3 Å². The fourth-order valence-electron chi connectivity index (χ4n) is 2.53. The molecule has 0 radical (unpaired) electrons. The maximum atomic E-state index is 11.0. The van der Waals surface area contributed by atoms with Gasteiger partial charge in [-0.15, -0.1) is 5.10 Å². The summed E-state index contributed by atoms with van der Waals surface area (Å²) in [5.74, 6) is 0.128. The van der Waals surface area contributed by atoms with Crippen molar-refractivity contribution in [3.05, 3.63) is 45.3 Å². The Balaban J connectivity index is 2.68. The molecule has 1 heterocycles. The first-order valence-corrected chi connectivity index (χ1v) is 7.14. The summed E-state index contributed by atoms with van der Waals surface area (Å²) in [5.41, 5.74) is 2.41. The standard InChI is InChI=1S/C15H17N5O2/c1-4-11(5-2)15-13(9-16)17-18-19(15)14-8-12(20(21)22)7-6-10(14)3/h6-8,11H,4-5H2,1-3H3. The van der Waals surface area contributed by atoms with Gasteiger partial charge in [0.2, 0.25) is 0 Å². The quantitative estimate of drug-likeness (QED) is 0.623. The van der Waals surface area contributed by atoms with Gasteiger partial charge in [0.25, 0.3) is 5.69 Å². The van der Waals surface area contributed by atoms with Gasteiger partial charge in [0.1, 0.15) is 6.07 Å². The maximum Gasteiger partial charge on any atom is 0.271 e. The minimum atomic E-state index is -0.443. The predicted octanol–water partition coefficient (Wildman–Crippen LogP) is 3.26. The number of aryl methyl sites for hydroxylation is 1. The molecular formula is C15H17N5O2. The first-order valence-electron chi connectivity index (χ1n) is 7.14. The van der Waals surface area contributed by atoms with Crippen molar-refractivity contribution < 1.29 is 4.92 Å². The number of nitriles is 1. The van der Waals surface area contributed by atoms with Crippen molar-refractivity contribution in [1.82, 2.24) is 15.0 Å². The summed E-state index contributed by atoms with van der Waals surface area (Å²) in [6, 6.07) is 6.67. The Bertz CT molecular complexity index is 741. The average Bonchev–Trinajstić information content (AvgIpc) is 2.92. The summed E-state index contributed by atoms with van der Waals surface area (Å²) < 4.78 is 1.57. The number of nitrogens with zero attached hydrogens (tertiary/aromatic N) is 5. The van der Waals surface area contributed by atoms with Crippen LogP contribution in [0.5, 0.6) is 0 Å². The van der Waals surface area contributed by atoms with Crippen molar-refractivity contribution in [2.75, 3.05) is 0 Å². The van der Waals surface area contributed by atoms with Gasteiger partial charge in [0, 0.05) is 18.1 Å². The third kappa shape index (κ3) is 2.68. The number of hydrogen-bond acceptors (Lipinski definition) is 5. The largest absolute Gasteiger partial charge is 0.271 e. The molecule has 2 aromatic rings. The van der Waals surface area contributed by atoms with Gasteiger partial charge in [-0.25, -0.2) is 4.68 Å². The van der Waals surface area contributed by atoms with Gasteiger partial charge in [0.15, 0.2) is 5.69 Å². The molecule has 0 fully saturated rings. The van der Waals surface area contributed by atoms with Gasteiger partial charge in [-0.1, -0.05) is 25.1 Å². The molecule has 7 heteroatoms. The molecule has 0 aliphatic heterocycles. The third-order valence-corrected chi connectivity index (χ3v) is 3.81. The van der Waals surface area contributed by atoms with E-state index in [9.17, 15) is 15.4 Å². The Hall–Kier alpha value is -2.75. The van der Waals surface area contributed by atoms with E-state index in [0.717, 1.165) is 24.1 Å². The Labute approximate surface area is 128 Å². The molecule has 0 atom stereocenters. The van der Waals surface area contributed by atoms with Crippen molar-refractivity contribution in [2.45, 2.75) is 39.5 Å². The zero-order valence-corrected chi connectivity index (χ0v) is 12.8. The molecular weight excluding hydrogens is 282 g/mol. The minimum Gasteiger partial charge on any atom is -0.258 e. The molecule has 0 amide bonds. The normalized spacial score (nSPS) is 10.7. The molecule has 2 rings (SSSR count). The van der Waals surface area contributed by atoms with Crippen LogP contribution in [-0.2, 0) is 0 Å². The van der Waals surface area contributed by atoms with Crippen molar-refractivity contribution in [1.29, 1.82) is 5.26 Å². The van der Waals surface area contributed by atoms with Gasteiger partial charge in [-0.05, 0) is 25.3 Å². The molecule has 114 valence electrons. The molecule has 22 heavy (non-hydrogen) atoms. The van der Waals surface area contributed by atoms with Crippen molar-refractivity contribution in [3.63, 3.8) is 0 Å². The maximum absolute atomic E-state index is 11.0. The van der Waals surface area contributed by atoms with E-state index < -0.39 is 4.92 Å². The van der Waals surface area contributed by atoms with Gasteiger partial charge < -0.3 is 0 Å². The molecule has 0 aliphatic carbocycles. The number of hydrogen-bond donors (Lipinski definition) is 0. The molecule has 0 saturated heterocycles. The smallest absolute Gasteiger partial charge is 0.258 e. The van der Waals surface area contributed by atoms with Crippen LogP contribution < -0.4 is 0 Å². The fourth-order valence-corrected chi connectivity index (χ4v) is 2.53. The highest BCUT2D eigenvalue weighted by atomic mass is 16.6. The lowest BCUT2D eigenvalue weighted by Crippen LogP contribution is -2.09. The van der Waals surface area contributed by atoms with Gasteiger partial charge in [-0.2, -0.15) is 5.26 Å². The topological polar surface area (TPSA) is 97.6 Å². The molecule has 1 aromatic heterocycles. The second-order valence-electron chi connectivity index (χ2n) is 5.09. The summed E-state index contributed by atoms with van der Waals surface area (Å²) in [4.78, 5) is 10.6. The zero-order valence-electron chi connectivity index (χ0n) is 12.8. The molecule has 0 saturated carbocycles. The van der Waals surface area contributed by atoms with Crippen molar-refractivity contribution in [2.24, 2.45) is 0 Å². The number of benzene rings is 1. The van der Waals surface area contributed by atoms with Crippen molar-refractivity contribution >= 4 is 5.69 Å². The Morgan fingerprint density at radius 3 is 2.64 bits per heavy atom. The molecule has 0 aliphatic rings. The molecule has 0 spiro atoms. The molecule has 7 nitrogen and oxygen atoms in total. The Kier molecular flexibility index (Phi) is 4.51. The van der Waals surface area contributed by atoms with Crippen LogP contribution in [0.3, 0.4) is 0 Å². The van der Waals surface area contributed by atoms with Crippen LogP contribution in [0, 0.1) is 28.4 Å². The highest BCUT2D eigenvalue weighted by Gasteiger charge is 2.23. The second kappa shape index (κ2) is 6.35. The summed E-state index contributed by atoms with van der Waals surface area (Å²) in [6.07, 6.45) is 1.68. The van der Waals surface area contributed by atoms with Crippen LogP contribution in [0.1, 0.15) is 49.6 Å². The fraction of sp³-hybridized carbons (Fsp3) is 0.400. The highest BCUT2D eigenvalue weighted by molar-refractivity contribution is 5.50. The monoisotopic (exact) mass is 299 g/mol. The van der Waals surface area contributed by atoms with Gasteiger partial charge in [-0.3, -0.25) is 10.1 Å². The first kappa shape index (κ1) is 15.6. The number of nitro benzene ring substituents is 1. The van der Waals surface area contributed by atoms with Crippen LogP contribution in [0.15, 0.2) is 18.2 Å². The molecule has 0 bridgehead atoms. The molecule has 0 unspecified atom stereocenters. The van der Waals surface area contributed by atoms with Crippen molar-refractivity contribution in [3.8, 4) is 11.8 Å². The Morgan fingerprint density at radius 2 is 2.09 bits per heavy atom. The van der Waals surface area contributed by atoms with E-state index in [4.69, 9.17) is 0 Å². The van der Waals surface area contributed by atoms with E-state index in [2.05, 4.69) is 16.4 Å². The number of non-ortho nitro benzene ring substituents is 1. The number of nitro groups is 1. The first-order chi connectivity index (χ1) is 10.5. The minimum absolute atomic E-state index is 0.00916. The van der Waals surface area contributed by atoms with E-state index >= 15 is 0 Å². The van der Waals surface area contributed by atoms with E-state index in [-0.39, 0.29) is 17.3 Å². The highest BCUT2D eigenvalue weighted by Crippen LogP contribution is 2.29. The SMILES string of the molecule is CCC(CC)c1c(C#N)nnn1-c1cc([N+](=O)[O-])ccc1C. The van der Waals surface area contributed by atoms with E-state index in [1.54, 1.807) is 10.7 Å². The Morgan fingerprint density at radius 1 is 1.41 bits per heavy atom. The number of aromatic nitrogens is 3. The summed E-state index contributed by atoms with van der Waals surface area (Å²) in [7, 11) is 0. The average molecular weight is 299 g/mol. The van der Waals surface area contributed by atoms with Crippen LogP contribution in [0.25, 0.3) is 5.69 Å². The predicted molar refractivity (Wildman–Crippen MR) is 80.8 cm³/mol. The van der Waals surface area contributed by atoms with E-state index in [0.29, 0.717) is 5.69 Å². The van der Waals surface area contributed by atoms with Crippen LogP contribution in [-0.4, -0.2) is 19.9 Å².